The van der Waals surface area contributed by atoms with E-state index >= 15 is 0 Å². The van der Waals surface area contributed by atoms with Crippen molar-refractivity contribution in [1.82, 2.24) is 19.8 Å². The second-order valence-corrected chi connectivity index (χ2v) is 9.57. The highest BCUT2D eigenvalue weighted by Gasteiger charge is 2.29. The Bertz CT molecular complexity index is 1220. The molecule has 5 nitrogen and oxygen atoms in total. The molecule has 2 aliphatic heterocycles. The summed E-state index contributed by atoms with van der Waals surface area (Å²) in [6, 6.07) is 14.4. The molecular weight excluding hydrogens is 453 g/mol. The van der Waals surface area contributed by atoms with Crippen molar-refractivity contribution in [3.63, 3.8) is 0 Å². The quantitative estimate of drug-likeness (QED) is 0.436. The minimum atomic E-state index is 0.468. The molecular formula is C26H27Cl2N5. The fraction of sp³-hybridized carbons (Fsp3) is 0.308. The topological polar surface area (TPSA) is 47.2 Å². The van der Waals surface area contributed by atoms with Crippen LogP contribution in [0.2, 0.25) is 10.0 Å². The van der Waals surface area contributed by atoms with Gasteiger partial charge in [-0.3, -0.25) is 4.90 Å². The van der Waals surface area contributed by atoms with Gasteiger partial charge in [0.15, 0.2) is 5.82 Å². The van der Waals surface area contributed by atoms with Gasteiger partial charge >= 0.3 is 0 Å². The standard InChI is InChI=1S/C26H27Cl2N5/c1-3-25-30-23-7-5-4-6-18(23)15-33(25)20-10-12-32(13-11-20)16-24-17(2)29-26(31-24)21-9-8-19(27)14-22(21)28/h4-9,14,20,30H,1,10-13,15-16H2,2H3,(H,29,31). The van der Waals surface area contributed by atoms with Gasteiger partial charge in [-0.05, 0) is 49.6 Å². The van der Waals surface area contributed by atoms with E-state index in [0.29, 0.717) is 16.1 Å². The first-order valence-corrected chi connectivity index (χ1v) is 12.0. The van der Waals surface area contributed by atoms with Crippen LogP contribution in [0.5, 0.6) is 0 Å². The minimum Gasteiger partial charge on any atom is -0.344 e. The first-order valence-electron chi connectivity index (χ1n) is 11.3. The zero-order valence-corrected chi connectivity index (χ0v) is 20.2. The normalized spacial score (nSPS) is 16.9. The van der Waals surface area contributed by atoms with E-state index in [-0.39, 0.29) is 0 Å². The molecule has 0 spiro atoms. The van der Waals surface area contributed by atoms with Crippen molar-refractivity contribution >= 4 is 28.9 Å². The van der Waals surface area contributed by atoms with Gasteiger partial charge < -0.3 is 15.2 Å². The number of fused-ring (bicyclic) bond motifs is 1. The first kappa shape index (κ1) is 22.1. The fourth-order valence-corrected chi connectivity index (χ4v) is 5.26. The van der Waals surface area contributed by atoms with Crippen LogP contribution in [-0.2, 0) is 13.1 Å². The van der Waals surface area contributed by atoms with Crippen LogP contribution in [0.25, 0.3) is 11.4 Å². The van der Waals surface area contributed by atoms with Crippen LogP contribution in [0.1, 0.15) is 29.8 Å². The van der Waals surface area contributed by atoms with Crippen molar-refractivity contribution < 1.29 is 0 Å². The Morgan fingerprint density at radius 2 is 1.94 bits per heavy atom. The molecule has 1 aromatic heterocycles. The molecule has 0 amide bonds. The summed E-state index contributed by atoms with van der Waals surface area (Å²) in [5.74, 6) is 1.78. The SMILES string of the molecule is C=C=C1Nc2ccccc2CN1C1CCN(Cc2nc(-c3ccc(Cl)cc3Cl)[nH]c2C)CC1. The van der Waals surface area contributed by atoms with E-state index in [2.05, 4.69) is 63.6 Å². The van der Waals surface area contributed by atoms with Gasteiger partial charge in [-0.2, -0.15) is 0 Å². The molecule has 2 aromatic carbocycles. The van der Waals surface area contributed by atoms with Crippen molar-refractivity contribution in [1.29, 1.82) is 0 Å². The number of rotatable bonds is 4. The monoisotopic (exact) mass is 479 g/mol. The number of nitrogens with one attached hydrogen (secondary N) is 2. The van der Waals surface area contributed by atoms with E-state index in [1.807, 2.05) is 12.1 Å². The Balaban J connectivity index is 1.24. The molecule has 2 N–H and O–H groups in total. The molecule has 0 bridgehead atoms. The van der Waals surface area contributed by atoms with Crippen molar-refractivity contribution in [2.45, 2.75) is 38.9 Å². The number of H-pyrrole nitrogens is 1. The van der Waals surface area contributed by atoms with Gasteiger partial charge in [0.2, 0.25) is 0 Å². The van der Waals surface area contributed by atoms with Crippen molar-refractivity contribution in [2.75, 3.05) is 18.4 Å². The van der Waals surface area contributed by atoms with E-state index in [4.69, 9.17) is 28.2 Å². The summed E-state index contributed by atoms with van der Waals surface area (Å²) < 4.78 is 0. The first-order chi connectivity index (χ1) is 16.0. The number of aromatic nitrogens is 2. The lowest BCUT2D eigenvalue weighted by molar-refractivity contribution is 0.122. The predicted octanol–water partition coefficient (Wildman–Crippen LogP) is 6.21. The van der Waals surface area contributed by atoms with E-state index in [9.17, 15) is 0 Å². The average molecular weight is 480 g/mol. The lowest BCUT2D eigenvalue weighted by atomic mass is 10.00. The number of piperidine rings is 1. The molecule has 33 heavy (non-hydrogen) atoms. The fourth-order valence-electron chi connectivity index (χ4n) is 4.76. The molecule has 0 radical (unpaired) electrons. The van der Waals surface area contributed by atoms with E-state index in [1.165, 1.54) is 5.56 Å². The third-order valence-corrected chi connectivity index (χ3v) is 7.16. The predicted molar refractivity (Wildman–Crippen MR) is 135 cm³/mol. The molecule has 1 saturated heterocycles. The van der Waals surface area contributed by atoms with E-state index < -0.39 is 0 Å². The van der Waals surface area contributed by atoms with Crippen LogP contribution in [0.15, 0.2) is 60.6 Å². The summed E-state index contributed by atoms with van der Waals surface area (Å²) >= 11 is 12.4. The zero-order chi connectivity index (χ0) is 22.9. The average Bonchev–Trinajstić information content (AvgIpc) is 3.18. The van der Waals surface area contributed by atoms with Crippen LogP contribution < -0.4 is 5.32 Å². The third-order valence-electron chi connectivity index (χ3n) is 6.61. The Hall–Kier alpha value is -2.69. The molecule has 0 aliphatic carbocycles. The molecule has 0 atom stereocenters. The number of likely N-dealkylation sites (tertiary alicyclic amines) is 1. The third kappa shape index (κ3) is 4.55. The number of anilines is 1. The highest BCUT2D eigenvalue weighted by Crippen LogP contribution is 2.32. The van der Waals surface area contributed by atoms with Crippen molar-refractivity contribution in [3.05, 3.63) is 87.6 Å². The smallest absolute Gasteiger partial charge is 0.151 e. The van der Waals surface area contributed by atoms with Crippen LogP contribution in [0, 0.1) is 6.92 Å². The van der Waals surface area contributed by atoms with Crippen LogP contribution in [0.4, 0.5) is 5.69 Å². The number of imidazole rings is 1. The number of aromatic amines is 1. The van der Waals surface area contributed by atoms with Crippen LogP contribution in [-0.4, -0.2) is 38.9 Å². The summed E-state index contributed by atoms with van der Waals surface area (Å²) in [7, 11) is 0. The Labute approximate surface area is 204 Å². The Morgan fingerprint density at radius 1 is 1.15 bits per heavy atom. The maximum absolute atomic E-state index is 6.39. The number of nitrogens with zero attached hydrogens (tertiary/aromatic N) is 3. The number of aryl methyl sites for hydroxylation is 1. The van der Waals surface area contributed by atoms with Gasteiger partial charge in [-0.15, -0.1) is 0 Å². The minimum absolute atomic E-state index is 0.468. The summed E-state index contributed by atoms with van der Waals surface area (Å²) in [5.41, 5.74) is 8.60. The molecule has 7 heteroatoms. The number of benzene rings is 2. The molecule has 0 saturated carbocycles. The molecule has 170 valence electrons. The van der Waals surface area contributed by atoms with Gasteiger partial charge in [0.1, 0.15) is 5.82 Å². The second kappa shape index (κ2) is 9.28. The number of hydrogen-bond donors (Lipinski definition) is 2. The molecule has 0 unspecified atom stereocenters. The molecule has 2 aliphatic rings. The van der Waals surface area contributed by atoms with Gasteiger partial charge in [0.25, 0.3) is 0 Å². The highest BCUT2D eigenvalue weighted by atomic mass is 35.5. The van der Waals surface area contributed by atoms with E-state index in [0.717, 1.165) is 73.3 Å². The summed E-state index contributed by atoms with van der Waals surface area (Å²) in [4.78, 5) is 13.2. The van der Waals surface area contributed by atoms with Crippen LogP contribution in [0.3, 0.4) is 0 Å². The number of para-hydroxylation sites is 1. The van der Waals surface area contributed by atoms with Gasteiger partial charge in [-0.1, -0.05) is 53.7 Å². The maximum Gasteiger partial charge on any atom is 0.151 e. The molecule has 5 rings (SSSR count). The second-order valence-electron chi connectivity index (χ2n) is 8.72. The summed E-state index contributed by atoms with van der Waals surface area (Å²) in [6.45, 7) is 9.76. The Morgan fingerprint density at radius 3 is 2.70 bits per heavy atom. The highest BCUT2D eigenvalue weighted by molar-refractivity contribution is 6.36. The van der Waals surface area contributed by atoms with Gasteiger partial charge in [0.05, 0.1) is 10.7 Å². The lowest BCUT2D eigenvalue weighted by Crippen LogP contribution is -2.46. The lowest BCUT2D eigenvalue weighted by Gasteiger charge is -2.42. The largest absolute Gasteiger partial charge is 0.344 e. The summed E-state index contributed by atoms with van der Waals surface area (Å²) in [5, 5.41) is 4.73. The Kier molecular flexibility index (Phi) is 6.22. The van der Waals surface area contributed by atoms with Gasteiger partial charge in [0, 0.05) is 54.2 Å². The molecule has 1 fully saturated rings. The van der Waals surface area contributed by atoms with Crippen molar-refractivity contribution in [2.24, 2.45) is 0 Å². The maximum atomic E-state index is 6.39. The molecule has 3 heterocycles. The van der Waals surface area contributed by atoms with Gasteiger partial charge in [-0.25, -0.2) is 4.98 Å². The summed E-state index contributed by atoms with van der Waals surface area (Å²) in [6.07, 6.45) is 2.18. The zero-order valence-electron chi connectivity index (χ0n) is 18.7. The number of halogens is 2. The van der Waals surface area contributed by atoms with Crippen LogP contribution >= 0.6 is 23.2 Å². The van der Waals surface area contributed by atoms with Crippen molar-refractivity contribution in [3.8, 4) is 11.4 Å². The number of hydrogen-bond acceptors (Lipinski definition) is 4. The molecule has 3 aromatic rings. The van der Waals surface area contributed by atoms with E-state index in [1.54, 1.807) is 6.07 Å².